The zero-order valence-corrected chi connectivity index (χ0v) is 11.2. The first kappa shape index (κ1) is 13.1. The van der Waals surface area contributed by atoms with Crippen molar-refractivity contribution in [1.29, 1.82) is 0 Å². The normalized spacial score (nSPS) is 26.5. The number of carbonyl (C=O) groups excluding carboxylic acids is 1. The highest BCUT2D eigenvalue weighted by atomic mass is 16.2. The fourth-order valence-electron chi connectivity index (χ4n) is 2.85. The maximum atomic E-state index is 12.3. The van der Waals surface area contributed by atoms with Gasteiger partial charge >= 0.3 is 0 Å². The fraction of sp³-hybridized carbons (Fsp3) is 0.533. The number of benzene rings is 1. The first-order valence-electron chi connectivity index (χ1n) is 6.70. The zero-order valence-electron chi connectivity index (χ0n) is 11.2. The molecule has 1 aliphatic carbocycles. The van der Waals surface area contributed by atoms with Gasteiger partial charge in [0, 0.05) is 12.2 Å². The van der Waals surface area contributed by atoms with E-state index in [1.165, 1.54) is 5.56 Å². The van der Waals surface area contributed by atoms with Crippen LogP contribution in [-0.4, -0.2) is 12.5 Å². The van der Waals surface area contributed by atoms with E-state index < -0.39 is 0 Å². The standard InChI is InChI=1S/C15H22N2O/c1-3-12-5-4-6-13(7-12)17-14(18)15(10-16)8-11(2)9-15/h4-7,11H,3,8-10,16H2,1-2H3,(H,17,18). The molecule has 0 unspecified atom stereocenters. The van der Waals surface area contributed by atoms with Gasteiger partial charge in [-0.3, -0.25) is 4.79 Å². The Bertz CT molecular complexity index is 436. The van der Waals surface area contributed by atoms with Gasteiger partial charge in [-0.05, 0) is 42.9 Å². The van der Waals surface area contributed by atoms with E-state index in [1.54, 1.807) is 0 Å². The number of hydrogen-bond donors (Lipinski definition) is 2. The molecule has 1 aromatic carbocycles. The molecule has 1 saturated carbocycles. The van der Waals surface area contributed by atoms with Crippen molar-refractivity contribution in [2.45, 2.75) is 33.1 Å². The van der Waals surface area contributed by atoms with Gasteiger partial charge in [0.25, 0.3) is 0 Å². The molecule has 1 amide bonds. The summed E-state index contributed by atoms with van der Waals surface area (Å²) in [6.45, 7) is 4.71. The molecule has 98 valence electrons. The lowest BCUT2D eigenvalue weighted by atomic mass is 9.62. The maximum absolute atomic E-state index is 12.3. The Hall–Kier alpha value is -1.35. The number of aryl methyl sites for hydroxylation is 1. The third-order valence-corrected chi connectivity index (χ3v) is 3.94. The molecule has 0 bridgehead atoms. The van der Waals surface area contributed by atoms with E-state index in [1.807, 2.05) is 18.2 Å². The number of nitrogens with one attached hydrogen (secondary N) is 1. The van der Waals surface area contributed by atoms with Gasteiger partial charge < -0.3 is 11.1 Å². The topological polar surface area (TPSA) is 55.1 Å². The van der Waals surface area contributed by atoms with E-state index >= 15 is 0 Å². The van der Waals surface area contributed by atoms with Crippen molar-refractivity contribution in [2.24, 2.45) is 17.1 Å². The molecule has 3 N–H and O–H groups in total. The summed E-state index contributed by atoms with van der Waals surface area (Å²) >= 11 is 0. The van der Waals surface area contributed by atoms with E-state index in [-0.39, 0.29) is 11.3 Å². The maximum Gasteiger partial charge on any atom is 0.231 e. The summed E-state index contributed by atoms with van der Waals surface area (Å²) in [6, 6.07) is 8.01. The second kappa shape index (κ2) is 5.11. The number of anilines is 1. The molecule has 0 atom stereocenters. The quantitative estimate of drug-likeness (QED) is 0.858. The van der Waals surface area contributed by atoms with Crippen LogP contribution >= 0.6 is 0 Å². The Morgan fingerprint density at radius 3 is 2.78 bits per heavy atom. The molecule has 1 aliphatic rings. The summed E-state index contributed by atoms with van der Waals surface area (Å²) in [5.41, 5.74) is 7.56. The molecule has 1 fully saturated rings. The third kappa shape index (κ3) is 2.41. The summed E-state index contributed by atoms with van der Waals surface area (Å²) in [7, 11) is 0. The zero-order chi connectivity index (χ0) is 13.2. The predicted octanol–water partition coefficient (Wildman–Crippen LogP) is 2.56. The fourth-order valence-corrected chi connectivity index (χ4v) is 2.85. The molecule has 18 heavy (non-hydrogen) atoms. The average molecular weight is 246 g/mol. The van der Waals surface area contributed by atoms with Crippen molar-refractivity contribution >= 4 is 11.6 Å². The highest BCUT2D eigenvalue weighted by Crippen LogP contribution is 2.45. The molecule has 3 nitrogen and oxygen atoms in total. The molecule has 2 rings (SSSR count). The highest BCUT2D eigenvalue weighted by Gasteiger charge is 2.47. The van der Waals surface area contributed by atoms with Gasteiger partial charge in [0.05, 0.1) is 5.41 Å². The average Bonchev–Trinajstić information content (AvgIpc) is 2.34. The van der Waals surface area contributed by atoms with Crippen LogP contribution in [0.5, 0.6) is 0 Å². The van der Waals surface area contributed by atoms with Crippen molar-refractivity contribution in [2.75, 3.05) is 11.9 Å². The van der Waals surface area contributed by atoms with E-state index in [0.717, 1.165) is 24.9 Å². The Balaban J connectivity index is 2.06. The smallest absolute Gasteiger partial charge is 0.231 e. The third-order valence-electron chi connectivity index (χ3n) is 3.94. The number of amides is 1. The summed E-state index contributed by atoms with van der Waals surface area (Å²) in [4.78, 5) is 12.3. The summed E-state index contributed by atoms with van der Waals surface area (Å²) in [5.74, 6) is 0.692. The van der Waals surface area contributed by atoms with Gasteiger partial charge in [-0.2, -0.15) is 0 Å². The van der Waals surface area contributed by atoms with Crippen molar-refractivity contribution in [3.05, 3.63) is 29.8 Å². The first-order valence-corrected chi connectivity index (χ1v) is 6.70. The minimum atomic E-state index is -0.332. The van der Waals surface area contributed by atoms with Gasteiger partial charge in [-0.1, -0.05) is 26.0 Å². The van der Waals surface area contributed by atoms with Crippen LogP contribution in [0.1, 0.15) is 32.3 Å². The molecule has 3 heteroatoms. The molecule has 0 spiro atoms. The minimum Gasteiger partial charge on any atom is -0.329 e. The van der Waals surface area contributed by atoms with Crippen LogP contribution in [0, 0.1) is 11.3 Å². The number of rotatable bonds is 4. The van der Waals surface area contributed by atoms with E-state index in [9.17, 15) is 4.79 Å². The first-order chi connectivity index (χ1) is 8.59. The van der Waals surface area contributed by atoms with Crippen LogP contribution in [0.2, 0.25) is 0 Å². The summed E-state index contributed by atoms with van der Waals surface area (Å²) < 4.78 is 0. The molecular weight excluding hydrogens is 224 g/mol. The summed E-state index contributed by atoms with van der Waals surface area (Å²) in [5, 5.41) is 3.01. The van der Waals surface area contributed by atoms with Crippen LogP contribution < -0.4 is 11.1 Å². The number of carbonyl (C=O) groups is 1. The van der Waals surface area contributed by atoms with Crippen molar-refractivity contribution in [1.82, 2.24) is 0 Å². The second-order valence-corrected chi connectivity index (χ2v) is 5.51. The van der Waals surface area contributed by atoms with Gasteiger partial charge in [0.2, 0.25) is 5.91 Å². The van der Waals surface area contributed by atoms with Gasteiger partial charge in [-0.25, -0.2) is 0 Å². The van der Waals surface area contributed by atoms with Crippen LogP contribution in [0.3, 0.4) is 0 Å². The Labute approximate surface area is 109 Å². The number of hydrogen-bond acceptors (Lipinski definition) is 2. The lowest BCUT2D eigenvalue weighted by Gasteiger charge is -2.44. The lowest BCUT2D eigenvalue weighted by Crippen LogP contribution is -2.51. The van der Waals surface area contributed by atoms with Crippen LogP contribution in [0.4, 0.5) is 5.69 Å². The second-order valence-electron chi connectivity index (χ2n) is 5.51. The van der Waals surface area contributed by atoms with Crippen LogP contribution in [-0.2, 0) is 11.2 Å². The predicted molar refractivity (Wildman–Crippen MR) is 74.3 cm³/mol. The van der Waals surface area contributed by atoms with Crippen LogP contribution in [0.15, 0.2) is 24.3 Å². The molecule has 0 aromatic heterocycles. The molecular formula is C15H22N2O. The SMILES string of the molecule is CCc1cccc(NC(=O)C2(CN)CC(C)C2)c1. The monoisotopic (exact) mass is 246 g/mol. The Kier molecular flexibility index (Phi) is 3.71. The molecule has 1 aromatic rings. The lowest BCUT2D eigenvalue weighted by molar-refractivity contribution is -0.132. The molecule has 0 radical (unpaired) electrons. The van der Waals surface area contributed by atoms with Gasteiger partial charge in [0.15, 0.2) is 0 Å². The van der Waals surface area contributed by atoms with E-state index in [2.05, 4.69) is 25.2 Å². The van der Waals surface area contributed by atoms with Crippen LogP contribution in [0.25, 0.3) is 0 Å². The summed E-state index contributed by atoms with van der Waals surface area (Å²) in [6.07, 6.45) is 2.79. The molecule has 0 heterocycles. The molecule has 0 saturated heterocycles. The van der Waals surface area contributed by atoms with Gasteiger partial charge in [-0.15, -0.1) is 0 Å². The largest absolute Gasteiger partial charge is 0.329 e. The van der Waals surface area contributed by atoms with Crippen molar-refractivity contribution < 1.29 is 4.79 Å². The van der Waals surface area contributed by atoms with Crippen molar-refractivity contribution in [3.63, 3.8) is 0 Å². The Morgan fingerprint density at radius 2 is 2.22 bits per heavy atom. The molecule has 0 aliphatic heterocycles. The number of nitrogens with two attached hydrogens (primary N) is 1. The van der Waals surface area contributed by atoms with Gasteiger partial charge in [0.1, 0.15) is 0 Å². The van der Waals surface area contributed by atoms with E-state index in [4.69, 9.17) is 5.73 Å². The van der Waals surface area contributed by atoms with E-state index in [0.29, 0.717) is 12.5 Å². The van der Waals surface area contributed by atoms with Crippen molar-refractivity contribution in [3.8, 4) is 0 Å². The highest BCUT2D eigenvalue weighted by molar-refractivity contribution is 5.96. The minimum absolute atomic E-state index is 0.0800. The Morgan fingerprint density at radius 1 is 1.50 bits per heavy atom.